The van der Waals surface area contributed by atoms with Crippen LogP contribution in [-0.2, 0) is 6.42 Å². The number of ketones is 1. The van der Waals surface area contributed by atoms with Crippen LogP contribution in [0.5, 0.6) is 0 Å². The number of nitrogens with zero attached hydrogens (tertiary/aromatic N) is 3. The number of benzene rings is 2. The van der Waals surface area contributed by atoms with E-state index in [-0.39, 0.29) is 6.42 Å². The van der Waals surface area contributed by atoms with Crippen molar-refractivity contribution in [3.63, 3.8) is 0 Å². The molecule has 4 nitrogen and oxygen atoms in total. The van der Waals surface area contributed by atoms with Gasteiger partial charge >= 0.3 is 0 Å². The summed E-state index contributed by atoms with van der Waals surface area (Å²) in [7, 11) is 0. The summed E-state index contributed by atoms with van der Waals surface area (Å²) < 4.78 is 27.7. The summed E-state index contributed by atoms with van der Waals surface area (Å²) in [4.78, 5) is 23.1. The number of hydrogen-bond donors (Lipinski definition) is 0. The number of hydrogen-bond acceptors (Lipinski definition) is 4. The maximum Gasteiger partial charge on any atom is 0.173 e. The molecule has 0 spiro atoms. The molecule has 1 aliphatic heterocycles. The van der Waals surface area contributed by atoms with E-state index in [2.05, 4.69) is 21.8 Å². The molecule has 0 atom stereocenters. The van der Waals surface area contributed by atoms with Crippen molar-refractivity contribution in [3.05, 3.63) is 95.0 Å². The van der Waals surface area contributed by atoms with E-state index in [1.165, 1.54) is 17.2 Å². The first kappa shape index (κ1) is 19.9. The minimum Gasteiger partial charge on any atom is -0.351 e. The molecular formula is C24H21F2N3O. The van der Waals surface area contributed by atoms with Gasteiger partial charge in [-0.3, -0.25) is 9.78 Å². The molecule has 152 valence electrons. The van der Waals surface area contributed by atoms with Gasteiger partial charge in [0.25, 0.3) is 0 Å². The fourth-order valence-corrected chi connectivity index (χ4v) is 3.71. The highest BCUT2D eigenvalue weighted by atomic mass is 19.1. The van der Waals surface area contributed by atoms with E-state index >= 15 is 0 Å². The SMILES string of the molecule is CC1=C(c2ccc(CC(=O)c3c(F)cccc3F)cc2)CN(c2cnccn2)CC1. The van der Waals surface area contributed by atoms with Gasteiger partial charge in [0.2, 0.25) is 0 Å². The highest BCUT2D eigenvalue weighted by molar-refractivity contribution is 5.98. The maximum absolute atomic E-state index is 13.8. The Morgan fingerprint density at radius 3 is 2.47 bits per heavy atom. The largest absolute Gasteiger partial charge is 0.351 e. The van der Waals surface area contributed by atoms with E-state index in [0.717, 1.165) is 43.0 Å². The van der Waals surface area contributed by atoms with Crippen molar-refractivity contribution >= 4 is 17.2 Å². The van der Waals surface area contributed by atoms with Gasteiger partial charge in [0.05, 0.1) is 11.8 Å². The Morgan fingerprint density at radius 1 is 1.07 bits per heavy atom. The molecule has 0 amide bonds. The van der Waals surface area contributed by atoms with E-state index in [0.29, 0.717) is 5.56 Å². The lowest BCUT2D eigenvalue weighted by Crippen LogP contribution is -2.31. The Morgan fingerprint density at radius 2 is 1.80 bits per heavy atom. The zero-order valence-electron chi connectivity index (χ0n) is 16.6. The summed E-state index contributed by atoms with van der Waals surface area (Å²) in [5.41, 5.74) is 3.82. The Hall–Kier alpha value is -3.41. The van der Waals surface area contributed by atoms with Gasteiger partial charge in [-0.2, -0.15) is 0 Å². The third kappa shape index (κ3) is 4.13. The molecule has 0 saturated carbocycles. The van der Waals surface area contributed by atoms with Crippen molar-refractivity contribution in [2.24, 2.45) is 0 Å². The highest BCUT2D eigenvalue weighted by Gasteiger charge is 2.20. The lowest BCUT2D eigenvalue weighted by Gasteiger charge is -2.31. The summed E-state index contributed by atoms with van der Waals surface area (Å²) in [6.45, 7) is 3.74. The lowest BCUT2D eigenvalue weighted by molar-refractivity contribution is 0.0985. The first-order chi connectivity index (χ1) is 14.5. The van der Waals surface area contributed by atoms with Crippen LogP contribution in [-0.4, -0.2) is 28.8 Å². The van der Waals surface area contributed by atoms with Crippen molar-refractivity contribution in [2.45, 2.75) is 19.8 Å². The Labute approximate surface area is 173 Å². The summed E-state index contributed by atoms with van der Waals surface area (Å²) >= 11 is 0. The normalized spacial score (nSPS) is 14.2. The van der Waals surface area contributed by atoms with Crippen LogP contribution in [0.3, 0.4) is 0 Å². The summed E-state index contributed by atoms with van der Waals surface area (Å²) in [6, 6.07) is 11.0. The predicted molar refractivity (Wildman–Crippen MR) is 112 cm³/mol. The number of Topliss-reactive ketones (excluding diaryl/α,β-unsaturated/α-hetero) is 1. The number of aromatic nitrogens is 2. The predicted octanol–water partition coefficient (Wildman–Crippen LogP) is 4.86. The lowest BCUT2D eigenvalue weighted by atomic mass is 9.93. The Kier molecular flexibility index (Phi) is 5.65. The van der Waals surface area contributed by atoms with E-state index in [1.54, 1.807) is 18.6 Å². The van der Waals surface area contributed by atoms with E-state index < -0.39 is 23.0 Å². The molecule has 0 unspecified atom stereocenters. The fraction of sp³-hybridized carbons (Fsp3) is 0.208. The van der Waals surface area contributed by atoms with Crippen molar-refractivity contribution in [1.82, 2.24) is 9.97 Å². The number of carbonyl (C=O) groups is 1. The molecule has 0 fully saturated rings. The highest BCUT2D eigenvalue weighted by Crippen LogP contribution is 2.29. The van der Waals surface area contributed by atoms with Crippen LogP contribution in [0.25, 0.3) is 5.57 Å². The van der Waals surface area contributed by atoms with Gasteiger partial charge in [-0.05, 0) is 42.2 Å². The number of carbonyl (C=O) groups excluding carboxylic acids is 1. The monoisotopic (exact) mass is 405 g/mol. The second kappa shape index (κ2) is 8.53. The van der Waals surface area contributed by atoms with E-state index in [1.807, 2.05) is 24.3 Å². The molecule has 2 aromatic carbocycles. The third-order valence-corrected chi connectivity index (χ3v) is 5.40. The van der Waals surface area contributed by atoms with Gasteiger partial charge in [-0.25, -0.2) is 13.8 Å². The first-order valence-corrected chi connectivity index (χ1v) is 9.79. The number of rotatable bonds is 5. The fourth-order valence-electron chi connectivity index (χ4n) is 3.71. The third-order valence-electron chi connectivity index (χ3n) is 5.40. The van der Waals surface area contributed by atoms with Crippen LogP contribution in [0.4, 0.5) is 14.6 Å². The second-order valence-electron chi connectivity index (χ2n) is 7.39. The van der Waals surface area contributed by atoms with Gasteiger partial charge in [0.15, 0.2) is 5.78 Å². The van der Waals surface area contributed by atoms with E-state index in [9.17, 15) is 13.6 Å². The molecule has 4 rings (SSSR count). The van der Waals surface area contributed by atoms with Crippen LogP contribution in [0.15, 0.2) is 66.6 Å². The van der Waals surface area contributed by atoms with Crippen molar-refractivity contribution in [1.29, 1.82) is 0 Å². The molecule has 0 N–H and O–H groups in total. The van der Waals surface area contributed by atoms with Crippen molar-refractivity contribution in [3.8, 4) is 0 Å². The quantitative estimate of drug-likeness (QED) is 0.569. The smallest absolute Gasteiger partial charge is 0.173 e. The van der Waals surface area contributed by atoms with Gasteiger partial charge < -0.3 is 4.90 Å². The van der Waals surface area contributed by atoms with Crippen LogP contribution in [0.2, 0.25) is 0 Å². The molecular weight excluding hydrogens is 384 g/mol. The van der Waals surface area contributed by atoms with Crippen LogP contribution >= 0.6 is 0 Å². The molecule has 6 heteroatoms. The minimum absolute atomic E-state index is 0.0537. The van der Waals surface area contributed by atoms with E-state index in [4.69, 9.17) is 0 Å². The van der Waals surface area contributed by atoms with Gasteiger partial charge in [-0.1, -0.05) is 35.9 Å². The molecule has 0 radical (unpaired) electrons. The molecule has 1 aliphatic rings. The molecule has 0 aliphatic carbocycles. The maximum atomic E-state index is 13.8. The average molecular weight is 405 g/mol. The van der Waals surface area contributed by atoms with Gasteiger partial charge in [0.1, 0.15) is 17.5 Å². The first-order valence-electron chi connectivity index (χ1n) is 9.79. The van der Waals surface area contributed by atoms with Crippen molar-refractivity contribution in [2.75, 3.05) is 18.0 Å². The van der Waals surface area contributed by atoms with Gasteiger partial charge in [0, 0.05) is 31.9 Å². The second-order valence-corrected chi connectivity index (χ2v) is 7.39. The standard InChI is InChI=1S/C24H21F2N3O/c1-16-9-12-29(23-14-27-10-11-28-23)15-19(16)18-7-5-17(6-8-18)13-22(30)24-20(25)3-2-4-21(24)26/h2-8,10-11,14H,9,12-13,15H2,1H3. The van der Waals surface area contributed by atoms with Gasteiger partial charge in [-0.15, -0.1) is 0 Å². The number of halogens is 2. The molecule has 30 heavy (non-hydrogen) atoms. The molecule has 3 aromatic rings. The Balaban J connectivity index is 1.51. The molecule has 0 saturated heterocycles. The minimum atomic E-state index is -0.830. The Bertz CT molecular complexity index is 1070. The zero-order chi connectivity index (χ0) is 21.1. The van der Waals surface area contributed by atoms with Crippen molar-refractivity contribution < 1.29 is 13.6 Å². The molecule has 1 aromatic heterocycles. The molecule has 2 heterocycles. The summed E-state index contributed by atoms with van der Waals surface area (Å²) in [5.74, 6) is -1.38. The van der Waals surface area contributed by atoms with Crippen LogP contribution < -0.4 is 4.90 Å². The van der Waals surface area contributed by atoms with Crippen LogP contribution in [0.1, 0.15) is 34.8 Å². The average Bonchev–Trinajstić information content (AvgIpc) is 2.75. The zero-order valence-corrected chi connectivity index (χ0v) is 16.6. The van der Waals surface area contributed by atoms with Crippen LogP contribution in [0, 0.1) is 11.6 Å². The summed E-state index contributed by atoms with van der Waals surface area (Å²) in [5, 5.41) is 0. The summed E-state index contributed by atoms with van der Waals surface area (Å²) in [6.07, 6.45) is 5.97. The molecule has 0 bridgehead atoms. The topological polar surface area (TPSA) is 46.1 Å². The number of anilines is 1.